The van der Waals surface area contributed by atoms with E-state index in [1.165, 1.54) is 0 Å². The van der Waals surface area contributed by atoms with Crippen LogP contribution in [0.25, 0.3) is 11.5 Å². The predicted molar refractivity (Wildman–Crippen MR) is 83.4 cm³/mol. The third-order valence-electron chi connectivity index (χ3n) is 3.76. The Hall–Kier alpha value is -2.65. The number of hydrogen-bond donors (Lipinski definition) is 0. The van der Waals surface area contributed by atoms with E-state index >= 15 is 0 Å². The lowest BCUT2D eigenvalue weighted by molar-refractivity contribution is -0.144. The molecular formula is C15H18F3N7. The first kappa shape index (κ1) is 17.2. The number of halogens is 3. The average Bonchev–Trinajstić information content (AvgIpc) is 3.19. The molecule has 25 heavy (non-hydrogen) atoms. The van der Waals surface area contributed by atoms with Crippen molar-refractivity contribution in [1.82, 2.24) is 34.3 Å². The summed E-state index contributed by atoms with van der Waals surface area (Å²) in [6, 6.07) is 1.06. The number of nitrogens with zero attached hydrogens (tertiary/aromatic N) is 7. The van der Waals surface area contributed by atoms with Gasteiger partial charge in [-0.3, -0.25) is 9.36 Å². The quantitative estimate of drug-likeness (QED) is 0.707. The van der Waals surface area contributed by atoms with Crippen molar-refractivity contribution < 1.29 is 13.2 Å². The second-order valence-electron chi connectivity index (χ2n) is 6.14. The van der Waals surface area contributed by atoms with Crippen LogP contribution in [0.2, 0.25) is 0 Å². The largest absolute Gasteiger partial charge is 0.433 e. The van der Waals surface area contributed by atoms with Gasteiger partial charge in [-0.05, 0) is 18.9 Å². The Morgan fingerprint density at radius 2 is 2.00 bits per heavy atom. The molecule has 3 aromatic rings. The Morgan fingerprint density at radius 1 is 1.24 bits per heavy atom. The van der Waals surface area contributed by atoms with Crippen LogP contribution in [0, 0.1) is 12.8 Å². The van der Waals surface area contributed by atoms with Crippen LogP contribution in [-0.4, -0.2) is 34.3 Å². The average molecular weight is 353 g/mol. The van der Waals surface area contributed by atoms with Crippen LogP contribution in [0.1, 0.15) is 18.3 Å². The van der Waals surface area contributed by atoms with Crippen molar-refractivity contribution in [2.75, 3.05) is 0 Å². The van der Waals surface area contributed by atoms with Gasteiger partial charge in [0, 0.05) is 32.5 Å². The van der Waals surface area contributed by atoms with E-state index in [0.29, 0.717) is 23.8 Å². The Kier molecular flexibility index (Phi) is 4.36. The van der Waals surface area contributed by atoms with Gasteiger partial charge in [-0.1, -0.05) is 12.1 Å². The van der Waals surface area contributed by atoms with Crippen molar-refractivity contribution >= 4 is 0 Å². The minimum absolute atomic E-state index is 0.115. The Morgan fingerprint density at radius 3 is 2.64 bits per heavy atom. The van der Waals surface area contributed by atoms with Gasteiger partial charge in [-0.2, -0.15) is 18.3 Å². The summed E-state index contributed by atoms with van der Waals surface area (Å²) < 4.78 is 43.6. The Balaban J connectivity index is 1.71. The maximum absolute atomic E-state index is 13.0. The monoisotopic (exact) mass is 353 g/mol. The number of imidazole rings is 1. The smallest absolute Gasteiger partial charge is 0.333 e. The van der Waals surface area contributed by atoms with Crippen molar-refractivity contribution in [3.05, 3.63) is 36.0 Å². The molecule has 3 heterocycles. The summed E-state index contributed by atoms with van der Waals surface area (Å²) in [6.07, 6.45) is 0.781. The van der Waals surface area contributed by atoms with Gasteiger partial charge in [-0.25, -0.2) is 4.98 Å². The van der Waals surface area contributed by atoms with Crippen molar-refractivity contribution in [2.24, 2.45) is 13.0 Å². The van der Waals surface area contributed by atoms with Crippen molar-refractivity contribution in [3.8, 4) is 11.5 Å². The molecule has 0 spiro atoms. The molecule has 0 fully saturated rings. The molecule has 7 nitrogen and oxygen atoms in total. The van der Waals surface area contributed by atoms with Gasteiger partial charge < -0.3 is 4.57 Å². The summed E-state index contributed by atoms with van der Waals surface area (Å²) in [6.45, 7) is 3.96. The molecule has 0 saturated heterocycles. The maximum Gasteiger partial charge on any atom is 0.433 e. The van der Waals surface area contributed by atoms with E-state index in [1.54, 1.807) is 30.2 Å². The highest BCUT2D eigenvalue weighted by Gasteiger charge is 2.35. The summed E-state index contributed by atoms with van der Waals surface area (Å²) >= 11 is 0. The molecule has 0 saturated carbocycles. The summed E-state index contributed by atoms with van der Waals surface area (Å²) in [7, 11) is 1.85. The lowest BCUT2D eigenvalue weighted by atomic mass is 10.2. The van der Waals surface area contributed by atoms with E-state index < -0.39 is 11.9 Å². The minimum atomic E-state index is -4.42. The van der Waals surface area contributed by atoms with Crippen LogP contribution >= 0.6 is 0 Å². The second-order valence-corrected chi connectivity index (χ2v) is 6.14. The molecule has 0 radical (unpaired) electrons. The molecule has 3 rings (SSSR count). The summed E-state index contributed by atoms with van der Waals surface area (Å²) in [5.74, 6) is 0.567. The van der Waals surface area contributed by atoms with E-state index in [1.807, 2.05) is 18.5 Å². The summed E-state index contributed by atoms with van der Waals surface area (Å²) in [5, 5.41) is 12.1. The SMILES string of the molecule is Cc1cc(C(F)(F)F)n(CC(C)Cn2cc(-c3nccn3C)nn2)n1. The van der Waals surface area contributed by atoms with Crippen molar-refractivity contribution in [2.45, 2.75) is 33.1 Å². The minimum Gasteiger partial charge on any atom is -0.333 e. The molecule has 0 aliphatic rings. The van der Waals surface area contributed by atoms with E-state index in [0.717, 1.165) is 10.7 Å². The molecule has 1 atom stereocenters. The molecule has 0 N–H and O–H groups in total. The van der Waals surface area contributed by atoms with E-state index in [2.05, 4.69) is 20.4 Å². The Bertz CT molecular complexity index is 859. The lowest BCUT2D eigenvalue weighted by Gasteiger charge is -2.15. The first-order valence-corrected chi connectivity index (χ1v) is 7.73. The molecule has 0 aliphatic heterocycles. The van der Waals surface area contributed by atoms with Gasteiger partial charge >= 0.3 is 6.18 Å². The number of rotatable bonds is 5. The molecule has 0 bridgehead atoms. The van der Waals surface area contributed by atoms with Gasteiger partial charge in [0.1, 0.15) is 11.4 Å². The normalized spacial score (nSPS) is 13.4. The second kappa shape index (κ2) is 6.34. The molecule has 3 aromatic heterocycles. The van der Waals surface area contributed by atoms with E-state index in [4.69, 9.17) is 0 Å². The number of alkyl halides is 3. The molecule has 0 aromatic carbocycles. The molecule has 0 amide bonds. The zero-order chi connectivity index (χ0) is 18.2. The third-order valence-corrected chi connectivity index (χ3v) is 3.76. The van der Waals surface area contributed by atoms with Crippen LogP contribution in [0.15, 0.2) is 24.7 Å². The van der Waals surface area contributed by atoms with Gasteiger partial charge in [0.25, 0.3) is 0 Å². The fourth-order valence-corrected chi connectivity index (χ4v) is 2.69. The van der Waals surface area contributed by atoms with Crippen molar-refractivity contribution in [3.63, 3.8) is 0 Å². The zero-order valence-electron chi connectivity index (χ0n) is 14.1. The number of aryl methyl sites for hydroxylation is 2. The first-order chi connectivity index (χ1) is 11.7. The number of aromatic nitrogens is 7. The topological polar surface area (TPSA) is 66.3 Å². The zero-order valence-corrected chi connectivity index (χ0v) is 14.1. The first-order valence-electron chi connectivity index (χ1n) is 7.73. The molecule has 0 aliphatic carbocycles. The van der Waals surface area contributed by atoms with Gasteiger partial charge in [-0.15, -0.1) is 5.10 Å². The summed E-state index contributed by atoms with van der Waals surface area (Å²) in [4.78, 5) is 4.20. The highest BCUT2D eigenvalue weighted by Crippen LogP contribution is 2.30. The molecular weight excluding hydrogens is 335 g/mol. The van der Waals surface area contributed by atoms with Crippen LogP contribution in [0.3, 0.4) is 0 Å². The van der Waals surface area contributed by atoms with Crippen molar-refractivity contribution in [1.29, 1.82) is 0 Å². The molecule has 1 unspecified atom stereocenters. The molecule has 10 heteroatoms. The standard InChI is InChI=1S/C15H18F3N7/c1-10(8-25-13(15(16,17)18)6-11(2)21-25)7-24-9-12(20-22-24)14-19-4-5-23(14)3/h4-6,9-10H,7-8H2,1-3H3. The van der Waals surface area contributed by atoms with E-state index in [9.17, 15) is 13.2 Å². The van der Waals surface area contributed by atoms with Crippen LogP contribution in [0.4, 0.5) is 13.2 Å². The third kappa shape index (κ3) is 3.72. The van der Waals surface area contributed by atoms with Crippen LogP contribution in [0.5, 0.6) is 0 Å². The highest BCUT2D eigenvalue weighted by atomic mass is 19.4. The number of hydrogen-bond acceptors (Lipinski definition) is 4. The van der Waals surface area contributed by atoms with Gasteiger partial charge in [0.15, 0.2) is 5.82 Å². The fraction of sp³-hybridized carbons (Fsp3) is 0.467. The maximum atomic E-state index is 13.0. The summed E-state index contributed by atoms with van der Waals surface area (Å²) in [5.41, 5.74) is 0.229. The van der Waals surface area contributed by atoms with Crippen LogP contribution < -0.4 is 0 Å². The highest BCUT2D eigenvalue weighted by molar-refractivity contribution is 5.46. The van der Waals surface area contributed by atoms with Gasteiger partial charge in [0.2, 0.25) is 0 Å². The van der Waals surface area contributed by atoms with Crippen LogP contribution in [-0.2, 0) is 26.3 Å². The van der Waals surface area contributed by atoms with Gasteiger partial charge in [0.05, 0.1) is 11.9 Å². The Labute approximate surface area is 142 Å². The lowest BCUT2D eigenvalue weighted by Crippen LogP contribution is -2.20. The predicted octanol–water partition coefficient (Wildman–Crippen LogP) is 2.54. The fourth-order valence-electron chi connectivity index (χ4n) is 2.69. The molecule has 134 valence electrons. The van der Waals surface area contributed by atoms with E-state index in [-0.39, 0.29) is 12.5 Å².